The van der Waals surface area contributed by atoms with E-state index in [1.807, 2.05) is 85.3 Å². The van der Waals surface area contributed by atoms with Crippen LogP contribution in [0.5, 0.6) is 0 Å². The third-order valence-electron chi connectivity index (χ3n) is 8.90. The summed E-state index contributed by atoms with van der Waals surface area (Å²) in [7, 11) is 0. The minimum Gasteiger partial charge on any atom is -0.264 e. The van der Waals surface area contributed by atoms with Gasteiger partial charge in [-0.25, -0.2) is 15.0 Å². The lowest BCUT2D eigenvalue weighted by molar-refractivity contribution is 1.16. The number of aromatic nitrogens is 6. The molecule has 0 aliphatic carbocycles. The van der Waals surface area contributed by atoms with Crippen LogP contribution in [0.4, 0.5) is 0 Å². The van der Waals surface area contributed by atoms with Gasteiger partial charge in [0.1, 0.15) is 0 Å². The number of fused-ring (bicyclic) bond motifs is 3. The Bertz CT molecular complexity index is 2620. The summed E-state index contributed by atoms with van der Waals surface area (Å²) >= 11 is 0. The van der Waals surface area contributed by atoms with Gasteiger partial charge in [0, 0.05) is 52.3 Å². The van der Waals surface area contributed by atoms with Crippen molar-refractivity contribution in [2.45, 2.75) is 0 Å². The molecule has 0 aliphatic heterocycles. The molecular weight excluding hydrogens is 613 g/mol. The van der Waals surface area contributed by atoms with Crippen molar-refractivity contribution in [2.75, 3.05) is 0 Å². The summed E-state index contributed by atoms with van der Waals surface area (Å²) in [6.45, 7) is 0. The van der Waals surface area contributed by atoms with Crippen molar-refractivity contribution >= 4 is 21.7 Å². The van der Waals surface area contributed by atoms with Gasteiger partial charge in [-0.1, -0.05) is 109 Å². The maximum atomic E-state index is 5.05. The van der Waals surface area contributed by atoms with Gasteiger partial charge in [-0.3, -0.25) is 15.0 Å². The first-order valence-electron chi connectivity index (χ1n) is 16.4. The number of benzene rings is 4. The topological polar surface area (TPSA) is 77.3 Å². The van der Waals surface area contributed by atoms with Gasteiger partial charge in [-0.15, -0.1) is 0 Å². The molecule has 9 aromatic rings. The summed E-state index contributed by atoms with van der Waals surface area (Å²) in [6.07, 6.45) is 7.39. The molecule has 0 spiro atoms. The molecule has 0 amide bonds. The third kappa shape index (κ3) is 5.55. The maximum Gasteiger partial charge on any atom is 0.160 e. The first-order valence-corrected chi connectivity index (χ1v) is 16.4. The molecule has 0 aliphatic rings. The van der Waals surface area contributed by atoms with Crippen LogP contribution in [0.3, 0.4) is 0 Å². The van der Waals surface area contributed by atoms with Gasteiger partial charge in [-0.05, 0) is 58.5 Å². The zero-order valence-electron chi connectivity index (χ0n) is 26.8. The number of pyridine rings is 4. The molecule has 4 aromatic carbocycles. The van der Waals surface area contributed by atoms with Gasteiger partial charge in [0.25, 0.3) is 0 Å². The fourth-order valence-corrected chi connectivity index (χ4v) is 6.36. The van der Waals surface area contributed by atoms with Crippen molar-refractivity contribution < 1.29 is 0 Å². The van der Waals surface area contributed by atoms with E-state index in [-0.39, 0.29) is 0 Å². The Balaban J connectivity index is 1.08. The standard InChI is InChI=1S/C44H28N6/c1-2-9-31(10-3-1)44-49-40(30-18-16-29(17-19-30)33-11-8-23-45-27-33)26-41(50-44)39-21-20-34(28-47-39)32-22-24-46-42(25-32)43-37-14-5-4-12-35(37)36-13-6-7-15-38(36)48-43/h1-28H. The molecule has 50 heavy (non-hydrogen) atoms. The monoisotopic (exact) mass is 640 g/mol. The Hall–Kier alpha value is -6.92. The van der Waals surface area contributed by atoms with Crippen LogP contribution in [-0.4, -0.2) is 29.9 Å². The van der Waals surface area contributed by atoms with Gasteiger partial charge < -0.3 is 0 Å². The van der Waals surface area contributed by atoms with Crippen LogP contribution in [0.2, 0.25) is 0 Å². The third-order valence-corrected chi connectivity index (χ3v) is 8.90. The summed E-state index contributed by atoms with van der Waals surface area (Å²) < 4.78 is 0. The predicted octanol–water partition coefficient (Wildman–Crippen LogP) is 10.4. The van der Waals surface area contributed by atoms with Gasteiger partial charge in [0.2, 0.25) is 0 Å². The van der Waals surface area contributed by atoms with Crippen LogP contribution >= 0.6 is 0 Å². The van der Waals surface area contributed by atoms with Crippen molar-refractivity contribution in [3.63, 3.8) is 0 Å². The van der Waals surface area contributed by atoms with E-state index in [2.05, 4.69) is 83.8 Å². The van der Waals surface area contributed by atoms with E-state index in [9.17, 15) is 0 Å². The second-order valence-electron chi connectivity index (χ2n) is 12.0. The average Bonchev–Trinajstić information content (AvgIpc) is 3.21. The fourth-order valence-electron chi connectivity index (χ4n) is 6.36. The maximum absolute atomic E-state index is 5.05. The zero-order valence-corrected chi connectivity index (χ0v) is 26.8. The summed E-state index contributed by atoms with van der Waals surface area (Å²) in [5.41, 5.74) is 11.1. The van der Waals surface area contributed by atoms with Crippen molar-refractivity contribution in [3.05, 3.63) is 170 Å². The van der Waals surface area contributed by atoms with Crippen LogP contribution < -0.4 is 0 Å². The largest absolute Gasteiger partial charge is 0.264 e. The molecule has 0 saturated carbocycles. The average molecular weight is 641 g/mol. The van der Waals surface area contributed by atoms with Crippen LogP contribution in [0.25, 0.3) is 89.4 Å². The van der Waals surface area contributed by atoms with Gasteiger partial charge in [0.15, 0.2) is 5.82 Å². The molecule has 5 heterocycles. The highest BCUT2D eigenvalue weighted by Gasteiger charge is 2.14. The molecule has 234 valence electrons. The molecule has 5 aromatic heterocycles. The van der Waals surface area contributed by atoms with E-state index in [1.54, 1.807) is 6.20 Å². The van der Waals surface area contributed by atoms with Crippen molar-refractivity contribution in [2.24, 2.45) is 0 Å². The highest BCUT2D eigenvalue weighted by molar-refractivity contribution is 6.10. The number of hydrogen-bond acceptors (Lipinski definition) is 6. The van der Waals surface area contributed by atoms with Crippen LogP contribution in [0.15, 0.2) is 170 Å². The van der Waals surface area contributed by atoms with Crippen LogP contribution in [0.1, 0.15) is 0 Å². The first-order chi connectivity index (χ1) is 24.8. The minimum absolute atomic E-state index is 0.647. The lowest BCUT2D eigenvalue weighted by Gasteiger charge is -2.11. The normalized spacial score (nSPS) is 11.2. The minimum atomic E-state index is 0.647. The van der Waals surface area contributed by atoms with E-state index in [1.165, 1.54) is 0 Å². The highest BCUT2D eigenvalue weighted by atomic mass is 14.9. The van der Waals surface area contributed by atoms with Crippen LogP contribution in [0, 0.1) is 0 Å². The SMILES string of the molecule is c1ccc(-c2nc(-c3ccc(-c4cccnc4)cc3)cc(-c3ccc(-c4ccnc(-c5nc6ccccc6c6ccccc56)c4)cn3)n2)cc1. The van der Waals surface area contributed by atoms with Crippen LogP contribution in [-0.2, 0) is 0 Å². The molecule has 0 atom stereocenters. The lowest BCUT2D eigenvalue weighted by Crippen LogP contribution is -1.97. The summed E-state index contributed by atoms with van der Waals surface area (Å²) in [6, 6.07) is 49.3. The molecule has 0 saturated heterocycles. The molecule has 0 fully saturated rings. The van der Waals surface area contributed by atoms with E-state index in [4.69, 9.17) is 24.9 Å². The molecular formula is C44H28N6. The quantitative estimate of drug-likeness (QED) is 0.168. The Kier molecular flexibility index (Phi) is 7.37. The number of para-hydroxylation sites is 1. The Morgan fingerprint density at radius 2 is 1.04 bits per heavy atom. The second-order valence-corrected chi connectivity index (χ2v) is 12.0. The van der Waals surface area contributed by atoms with Gasteiger partial charge in [-0.2, -0.15) is 0 Å². The molecule has 6 heteroatoms. The van der Waals surface area contributed by atoms with E-state index >= 15 is 0 Å². The second kappa shape index (κ2) is 12.6. The Labute approximate surface area is 288 Å². The summed E-state index contributed by atoms with van der Waals surface area (Å²) in [4.78, 5) is 28.9. The Morgan fingerprint density at radius 1 is 0.340 bits per heavy atom. The van der Waals surface area contributed by atoms with E-state index < -0.39 is 0 Å². The first kappa shape index (κ1) is 29.2. The van der Waals surface area contributed by atoms with E-state index in [0.717, 1.165) is 83.5 Å². The van der Waals surface area contributed by atoms with Crippen molar-refractivity contribution in [1.82, 2.24) is 29.9 Å². The fraction of sp³-hybridized carbons (Fsp3) is 0. The molecule has 9 rings (SSSR count). The number of nitrogens with zero attached hydrogens (tertiary/aromatic N) is 6. The Morgan fingerprint density at radius 3 is 1.84 bits per heavy atom. The lowest BCUT2D eigenvalue weighted by atomic mass is 10.0. The molecule has 0 N–H and O–H groups in total. The zero-order chi connectivity index (χ0) is 33.3. The molecule has 6 nitrogen and oxygen atoms in total. The smallest absolute Gasteiger partial charge is 0.160 e. The summed E-state index contributed by atoms with van der Waals surface area (Å²) in [5.74, 6) is 0.647. The summed E-state index contributed by atoms with van der Waals surface area (Å²) in [5, 5.41) is 3.37. The van der Waals surface area contributed by atoms with Crippen molar-refractivity contribution in [1.29, 1.82) is 0 Å². The van der Waals surface area contributed by atoms with E-state index in [0.29, 0.717) is 5.82 Å². The highest BCUT2D eigenvalue weighted by Crippen LogP contribution is 2.34. The number of rotatable bonds is 6. The molecule has 0 unspecified atom stereocenters. The van der Waals surface area contributed by atoms with Crippen molar-refractivity contribution in [3.8, 4) is 67.7 Å². The molecule has 0 bridgehead atoms. The number of hydrogen-bond donors (Lipinski definition) is 0. The van der Waals surface area contributed by atoms with Gasteiger partial charge in [0.05, 0.1) is 34.0 Å². The molecule has 0 radical (unpaired) electrons. The predicted molar refractivity (Wildman–Crippen MR) is 201 cm³/mol. The van der Waals surface area contributed by atoms with Gasteiger partial charge >= 0.3 is 0 Å².